The smallest absolute Gasteiger partial charge is 0.311 e. The van der Waals surface area contributed by atoms with Crippen LogP contribution in [0.5, 0.6) is 0 Å². The molecule has 2 atom stereocenters. The van der Waals surface area contributed by atoms with E-state index in [-0.39, 0.29) is 17.8 Å². The molecule has 20 heavy (non-hydrogen) atoms. The van der Waals surface area contributed by atoms with Crippen molar-refractivity contribution in [3.8, 4) is 0 Å². The van der Waals surface area contributed by atoms with E-state index < -0.39 is 5.60 Å². The molecule has 110 valence electrons. The monoisotopic (exact) mass is 275 g/mol. The Balaban J connectivity index is 2.21. The lowest BCUT2D eigenvalue weighted by molar-refractivity contribution is -0.159. The van der Waals surface area contributed by atoms with E-state index in [1.807, 2.05) is 20.8 Å². The minimum Gasteiger partial charge on any atom is -0.460 e. The number of carbonyl (C=O) groups is 1. The van der Waals surface area contributed by atoms with Crippen molar-refractivity contribution >= 4 is 5.97 Å². The van der Waals surface area contributed by atoms with E-state index in [4.69, 9.17) is 4.74 Å². The molecule has 0 radical (unpaired) electrons. The second kappa shape index (κ2) is 5.96. The molecule has 1 aromatic rings. The first-order valence-electron chi connectivity index (χ1n) is 7.43. The van der Waals surface area contributed by atoms with Crippen molar-refractivity contribution in [2.45, 2.75) is 45.6 Å². The third kappa shape index (κ3) is 3.40. The van der Waals surface area contributed by atoms with Gasteiger partial charge in [-0.05, 0) is 38.3 Å². The maximum absolute atomic E-state index is 12.4. The fraction of sp³-hybridized carbons (Fsp3) is 0.588. The number of hydrogen-bond acceptors (Lipinski definition) is 3. The van der Waals surface area contributed by atoms with Gasteiger partial charge in [-0.2, -0.15) is 0 Å². The van der Waals surface area contributed by atoms with E-state index in [1.165, 1.54) is 11.1 Å². The van der Waals surface area contributed by atoms with Gasteiger partial charge in [0.25, 0.3) is 0 Å². The number of benzene rings is 1. The van der Waals surface area contributed by atoms with Gasteiger partial charge < -0.3 is 10.1 Å². The third-order valence-electron chi connectivity index (χ3n) is 3.76. The lowest BCUT2D eigenvalue weighted by atomic mass is 9.85. The van der Waals surface area contributed by atoms with E-state index in [2.05, 4.69) is 36.5 Å². The summed E-state index contributed by atoms with van der Waals surface area (Å²) in [4.78, 5) is 12.4. The van der Waals surface area contributed by atoms with Gasteiger partial charge in [-0.3, -0.25) is 4.79 Å². The van der Waals surface area contributed by atoms with Crippen LogP contribution in [0.4, 0.5) is 0 Å². The van der Waals surface area contributed by atoms with Crippen molar-refractivity contribution in [1.82, 2.24) is 5.32 Å². The maximum Gasteiger partial charge on any atom is 0.311 e. The lowest BCUT2D eigenvalue weighted by Gasteiger charge is -2.25. The summed E-state index contributed by atoms with van der Waals surface area (Å²) in [5.74, 6) is 0.0568. The summed E-state index contributed by atoms with van der Waals surface area (Å²) in [7, 11) is 0. The highest BCUT2D eigenvalue weighted by molar-refractivity contribution is 5.75. The van der Waals surface area contributed by atoms with Gasteiger partial charge in [0.1, 0.15) is 5.60 Å². The highest BCUT2D eigenvalue weighted by atomic mass is 16.6. The van der Waals surface area contributed by atoms with Crippen LogP contribution in [0.1, 0.15) is 44.7 Å². The summed E-state index contributed by atoms with van der Waals surface area (Å²) in [5.41, 5.74) is 2.19. The van der Waals surface area contributed by atoms with Gasteiger partial charge in [0.2, 0.25) is 0 Å². The van der Waals surface area contributed by atoms with Crippen molar-refractivity contribution in [3.63, 3.8) is 0 Å². The van der Waals surface area contributed by atoms with Crippen molar-refractivity contribution < 1.29 is 9.53 Å². The first-order valence-corrected chi connectivity index (χ1v) is 7.43. The van der Waals surface area contributed by atoms with Gasteiger partial charge >= 0.3 is 5.97 Å². The number of nitrogens with one attached hydrogen (secondary N) is 1. The number of esters is 1. The van der Waals surface area contributed by atoms with Crippen LogP contribution in [0.2, 0.25) is 0 Å². The second-order valence-corrected chi connectivity index (χ2v) is 6.46. The average Bonchev–Trinajstić information content (AvgIpc) is 2.85. The molecule has 0 unspecified atom stereocenters. The maximum atomic E-state index is 12.4. The van der Waals surface area contributed by atoms with Crippen LogP contribution in [-0.4, -0.2) is 24.7 Å². The number of rotatable bonds is 3. The zero-order valence-corrected chi connectivity index (χ0v) is 12.9. The highest BCUT2D eigenvalue weighted by Gasteiger charge is 2.37. The molecular weight excluding hydrogens is 250 g/mol. The molecule has 0 saturated carbocycles. The predicted octanol–water partition coefficient (Wildman–Crippen LogP) is 2.89. The molecule has 1 fully saturated rings. The third-order valence-corrected chi connectivity index (χ3v) is 3.76. The van der Waals surface area contributed by atoms with Gasteiger partial charge in [-0.25, -0.2) is 0 Å². The summed E-state index contributed by atoms with van der Waals surface area (Å²) < 4.78 is 5.57. The van der Waals surface area contributed by atoms with Gasteiger partial charge in [-0.15, -0.1) is 0 Å². The minimum absolute atomic E-state index is 0.0816. The van der Waals surface area contributed by atoms with Crippen molar-refractivity contribution in [1.29, 1.82) is 0 Å². The van der Waals surface area contributed by atoms with Crippen LogP contribution >= 0.6 is 0 Å². The molecule has 0 spiro atoms. The summed E-state index contributed by atoms with van der Waals surface area (Å²) in [5, 5.41) is 3.34. The molecule has 1 aliphatic heterocycles. The van der Waals surface area contributed by atoms with E-state index in [9.17, 15) is 4.79 Å². The van der Waals surface area contributed by atoms with Crippen molar-refractivity contribution in [2.75, 3.05) is 13.1 Å². The first-order chi connectivity index (χ1) is 9.42. The van der Waals surface area contributed by atoms with Crippen LogP contribution in [0.25, 0.3) is 0 Å². The molecule has 0 aliphatic carbocycles. The Labute approximate surface area is 121 Å². The van der Waals surface area contributed by atoms with E-state index in [1.54, 1.807) is 0 Å². The zero-order chi connectivity index (χ0) is 14.8. The topological polar surface area (TPSA) is 38.3 Å². The van der Waals surface area contributed by atoms with Gasteiger partial charge in [-0.1, -0.05) is 31.2 Å². The van der Waals surface area contributed by atoms with Gasteiger partial charge in [0.05, 0.1) is 5.92 Å². The molecule has 2 rings (SSSR count). The number of aryl methyl sites for hydroxylation is 1. The second-order valence-electron chi connectivity index (χ2n) is 6.46. The van der Waals surface area contributed by atoms with E-state index in [0.717, 1.165) is 13.0 Å². The molecule has 1 aromatic carbocycles. The zero-order valence-electron chi connectivity index (χ0n) is 12.9. The minimum atomic E-state index is -0.422. The largest absolute Gasteiger partial charge is 0.460 e. The molecule has 1 N–H and O–H groups in total. The summed E-state index contributed by atoms with van der Waals surface area (Å²) in [6.45, 7) is 9.47. The molecule has 1 aliphatic rings. The molecule has 1 heterocycles. The summed E-state index contributed by atoms with van der Waals surface area (Å²) in [6.07, 6.45) is 0.994. The molecular formula is C17H25NO2. The van der Waals surface area contributed by atoms with Crippen molar-refractivity contribution in [2.24, 2.45) is 5.92 Å². The van der Waals surface area contributed by atoms with Crippen LogP contribution in [0.3, 0.4) is 0 Å². The van der Waals surface area contributed by atoms with Crippen molar-refractivity contribution in [3.05, 3.63) is 35.4 Å². The molecule has 0 amide bonds. The SMILES string of the molecule is CCc1ccccc1[C@@H]1CNC[C@H]1C(=O)OC(C)(C)C. The molecule has 3 nitrogen and oxygen atoms in total. The summed E-state index contributed by atoms with van der Waals surface area (Å²) >= 11 is 0. The number of hydrogen-bond donors (Lipinski definition) is 1. The fourth-order valence-corrected chi connectivity index (χ4v) is 2.85. The van der Waals surface area contributed by atoms with Gasteiger partial charge in [0, 0.05) is 19.0 Å². The lowest BCUT2D eigenvalue weighted by Crippen LogP contribution is -2.32. The number of carbonyl (C=O) groups excluding carboxylic acids is 1. The van der Waals surface area contributed by atoms with Crippen LogP contribution in [-0.2, 0) is 16.0 Å². The summed E-state index contributed by atoms with van der Waals surface area (Å²) in [6, 6.07) is 8.42. The normalized spacial score (nSPS) is 22.8. The molecule has 0 bridgehead atoms. The first kappa shape index (κ1) is 15.0. The Morgan fingerprint density at radius 1 is 1.30 bits per heavy atom. The quantitative estimate of drug-likeness (QED) is 0.862. The Kier molecular flexibility index (Phi) is 4.48. The Morgan fingerprint density at radius 3 is 2.65 bits per heavy atom. The van der Waals surface area contributed by atoms with E-state index in [0.29, 0.717) is 6.54 Å². The Hall–Kier alpha value is -1.35. The molecule has 1 saturated heterocycles. The van der Waals surface area contributed by atoms with E-state index >= 15 is 0 Å². The van der Waals surface area contributed by atoms with Crippen LogP contribution in [0, 0.1) is 5.92 Å². The predicted molar refractivity (Wildman–Crippen MR) is 80.8 cm³/mol. The highest BCUT2D eigenvalue weighted by Crippen LogP contribution is 2.32. The average molecular weight is 275 g/mol. The Morgan fingerprint density at radius 2 is 2.00 bits per heavy atom. The molecule has 0 aromatic heterocycles. The Bertz CT molecular complexity index is 476. The van der Waals surface area contributed by atoms with Crippen LogP contribution < -0.4 is 5.32 Å². The van der Waals surface area contributed by atoms with Crippen LogP contribution in [0.15, 0.2) is 24.3 Å². The standard InChI is InChI=1S/C17H25NO2/c1-5-12-8-6-7-9-13(12)14-10-18-11-15(14)16(19)20-17(2,3)4/h6-9,14-15,18H,5,10-11H2,1-4H3/t14-,15+/m0/s1. The number of ether oxygens (including phenoxy) is 1. The fourth-order valence-electron chi connectivity index (χ4n) is 2.85. The molecule has 3 heteroatoms. The van der Waals surface area contributed by atoms with Gasteiger partial charge in [0.15, 0.2) is 0 Å².